The molecule has 4 nitrogen and oxygen atoms in total. The first-order valence-electron chi connectivity index (χ1n) is 3.30. The molecule has 0 saturated heterocycles. The van der Waals surface area contributed by atoms with Gasteiger partial charge in [-0.1, -0.05) is 12.1 Å². The van der Waals surface area contributed by atoms with Crippen LogP contribution in [0, 0.1) is 0 Å². The van der Waals surface area contributed by atoms with E-state index in [1.165, 1.54) is 6.92 Å². The summed E-state index contributed by atoms with van der Waals surface area (Å²) >= 11 is 0. The van der Waals surface area contributed by atoms with Crippen LogP contribution in [0.4, 0.5) is 0 Å². The molecule has 66 valence electrons. The molecule has 0 rings (SSSR count). The molecule has 1 N–H and O–H groups in total. The van der Waals surface area contributed by atoms with E-state index < -0.39 is 15.1 Å². The van der Waals surface area contributed by atoms with E-state index in [2.05, 4.69) is 5.16 Å². The maximum Gasteiger partial charge on any atom is 0.155 e. The predicted molar refractivity (Wildman–Crippen MR) is 43.8 cm³/mol. The van der Waals surface area contributed by atoms with Crippen LogP contribution >= 0.6 is 0 Å². The van der Waals surface area contributed by atoms with Crippen molar-refractivity contribution in [3.8, 4) is 0 Å². The van der Waals surface area contributed by atoms with Gasteiger partial charge in [-0.15, -0.1) is 0 Å². The monoisotopic (exact) mass is 179 g/mol. The normalized spacial score (nSPS) is 16.5. The van der Waals surface area contributed by atoms with E-state index in [1.54, 1.807) is 6.92 Å². The number of hydrogen-bond acceptors (Lipinski definition) is 4. The van der Waals surface area contributed by atoms with Gasteiger partial charge in [0.05, 0.1) is 5.71 Å². The Morgan fingerprint density at radius 3 is 2.18 bits per heavy atom. The van der Waals surface area contributed by atoms with Gasteiger partial charge < -0.3 is 5.21 Å². The quantitative estimate of drug-likeness (QED) is 0.393. The molecule has 1 unspecified atom stereocenters. The zero-order valence-electron chi connectivity index (χ0n) is 6.90. The zero-order chi connectivity index (χ0) is 9.07. The summed E-state index contributed by atoms with van der Waals surface area (Å²) < 4.78 is 21.9. The van der Waals surface area contributed by atoms with Gasteiger partial charge >= 0.3 is 0 Å². The lowest BCUT2D eigenvalue weighted by atomic mass is 10.2. The minimum atomic E-state index is -3.12. The molecule has 0 aromatic carbocycles. The van der Waals surface area contributed by atoms with E-state index in [4.69, 9.17) is 5.21 Å². The van der Waals surface area contributed by atoms with E-state index >= 15 is 0 Å². The first-order chi connectivity index (χ1) is 4.93. The Hall–Kier alpha value is -0.580. The van der Waals surface area contributed by atoms with Crippen molar-refractivity contribution in [3.05, 3.63) is 0 Å². The molecule has 11 heavy (non-hydrogen) atoms. The van der Waals surface area contributed by atoms with Gasteiger partial charge in [0.1, 0.15) is 5.25 Å². The largest absolute Gasteiger partial charge is 0.411 e. The molecule has 0 aliphatic carbocycles. The molecule has 0 aliphatic heterocycles. The highest BCUT2D eigenvalue weighted by Crippen LogP contribution is 2.05. The Morgan fingerprint density at radius 2 is 2.09 bits per heavy atom. The highest BCUT2D eigenvalue weighted by Gasteiger charge is 2.21. The second-order valence-electron chi connectivity index (χ2n) is 2.47. The number of oxime groups is 1. The summed E-state index contributed by atoms with van der Waals surface area (Å²) in [7, 11) is -3.12. The Balaban J connectivity index is 4.71. The molecule has 0 bridgehead atoms. The second-order valence-corrected chi connectivity index (χ2v) is 4.70. The van der Waals surface area contributed by atoms with Crippen LogP contribution in [0.1, 0.15) is 20.3 Å². The van der Waals surface area contributed by atoms with Crippen LogP contribution in [-0.2, 0) is 9.84 Å². The minimum Gasteiger partial charge on any atom is -0.411 e. The van der Waals surface area contributed by atoms with Crippen LogP contribution in [0.25, 0.3) is 0 Å². The van der Waals surface area contributed by atoms with E-state index in [0.717, 1.165) is 6.26 Å². The Kier molecular flexibility index (Phi) is 3.51. The molecular weight excluding hydrogens is 166 g/mol. The van der Waals surface area contributed by atoms with E-state index in [9.17, 15) is 8.42 Å². The molecule has 0 saturated carbocycles. The highest BCUT2D eigenvalue weighted by atomic mass is 32.2. The van der Waals surface area contributed by atoms with Crippen LogP contribution in [0.3, 0.4) is 0 Å². The van der Waals surface area contributed by atoms with Crippen molar-refractivity contribution >= 4 is 15.5 Å². The van der Waals surface area contributed by atoms with E-state index in [-0.39, 0.29) is 5.71 Å². The smallest absolute Gasteiger partial charge is 0.155 e. The summed E-state index contributed by atoms with van der Waals surface area (Å²) in [4.78, 5) is 0. The topological polar surface area (TPSA) is 66.7 Å². The fraction of sp³-hybridized carbons (Fsp3) is 0.833. The van der Waals surface area contributed by atoms with Gasteiger partial charge in [-0.05, 0) is 13.3 Å². The Bertz CT molecular complexity index is 243. The summed E-state index contributed by atoms with van der Waals surface area (Å²) in [5, 5.41) is 10.5. The average molecular weight is 179 g/mol. The van der Waals surface area contributed by atoms with Crippen LogP contribution in [0.15, 0.2) is 5.16 Å². The van der Waals surface area contributed by atoms with Crippen LogP contribution < -0.4 is 0 Å². The molecule has 0 amide bonds. The number of hydrogen-bond donors (Lipinski definition) is 1. The van der Waals surface area contributed by atoms with Gasteiger partial charge in [0.2, 0.25) is 0 Å². The molecule has 0 aromatic rings. The molecule has 0 fully saturated rings. The standard InChI is InChI=1S/C6H13NO3S/c1-4-6(5(2)7-8)11(3,9)10/h6,8H,4H2,1-3H3. The summed E-state index contributed by atoms with van der Waals surface area (Å²) in [5.41, 5.74) is 0.245. The summed E-state index contributed by atoms with van der Waals surface area (Å²) in [6, 6.07) is 0. The Morgan fingerprint density at radius 1 is 1.64 bits per heavy atom. The molecule has 0 spiro atoms. The van der Waals surface area contributed by atoms with Crippen molar-refractivity contribution < 1.29 is 13.6 Å². The van der Waals surface area contributed by atoms with Gasteiger partial charge in [-0.2, -0.15) is 0 Å². The number of sulfone groups is 1. The lowest BCUT2D eigenvalue weighted by molar-refractivity contribution is 0.317. The second kappa shape index (κ2) is 3.71. The molecule has 0 radical (unpaired) electrons. The summed E-state index contributed by atoms with van der Waals surface area (Å²) in [5.74, 6) is 0. The average Bonchev–Trinajstić information content (AvgIpc) is 1.86. The molecular formula is C6H13NO3S. The highest BCUT2D eigenvalue weighted by molar-refractivity contribution is 7.92. The number of rotatable bonds is 3. The van der Waals surface area contributed by atoms with Crippen molar-refractivity contribution in [1.29, 1.82) is 0 Å². The summed E-state index contributed by atoms with van der Waals surface area (Å²) in [6.45, 7) is 3.23. The fourth-order valence-corrected chi connectivity index (χ4v) is 2.24. The van der Waals surface area contributed by atoms with Crippen molar-refractivity contribution in [2.45, 2.75) is 25.5 Å². The lowest BCUT2D eigenvalue weighted by Gasteiger charge is -2.09. The predicted octanol–water partition coefficient (Wildman–Crippen LogP) is 0.660. The van der Waals surface area contributed by atoms with Crippen LogP contribution in [0.2, 0.25) is 0 Å². The van der Waals surface area contributed by atoms with Gasteiger partial charge in [0, 0.05) is 6.26 Å². The maximum absolute atomic E-state index is 11.0. The van der Waals surface area contributed by atoms with Gasteiger partial charge in [0.15, 0.2) is 9.84 Å². The summed E-state index contributed by atoms with van der Waals surface area (Å²) in [6.07, 6.45) is 1.57. The third kappa shape index (κ3) is 2.88. The lowest BCUT2D eigenvalue weighted by Crippen LogP contribution is -2.26. The third-order valence-corrected chi connectivity index (χ3v) is 3.22. The molecule has 0 aliphatic rings. The zero-order valence-corrected chi connectivity index (χ0v) is 7.72. The first kappa shape index (κ1) is 10.4. The molecule has 5 heteroatoms. The van der Waals surface area contributed by atoms with Crippen LogP contribution in [-0.4, -0.2) is 30.8 Å². The van der Waals surface area contributed by atoms with Gasteiger partial charge in [-0.25, -0.2) is 8.42 Å². The van der Waals surface area contributed by atoms with Crippen molar-refractivity contribution in [2.75, 3.05) is 6.26 Å². The van der Waals surface area contributed by atoms with E-state index in [1.807, 2.05) is 0 Å². The molecule has 0 heterocycles. The Labute approximate surface area is 66.8 Å². The molecule has 1 atom stereocenters. The van der Waals surface area contributed by atoms with Crippen molar-refractivity contribution in [2.24, 2.45) is 5.16 Å². The van der Waals surface area contributed by atoms with Gasteiger partial charge in [0.25, 0.3) is 0 Å². The van der Waals surface area contributed by atoms with Gasteiger partial charge in [-0.3, -0.25) is 0 Å². The first-order valence-corrected chi connectivity index (χ1v) is 5.26. The minimum absolute atomic E-state index is 0.245. The third-order valence-electron chi connectivity index (χ3n) is 1.51. The fourth-order valence-electron chi connectivity index (χ4n) is 0.972. The van der Waals surface area contributed by atoms with E-state index in [0.29, 0.717) is 6.42 Å². The van der Waals surface area contributed by atoms with Crippen molar-refractivity contribution in [1.82, 2.24) is 0 Å². The SMILES string of the molecule is CCC(C(C)=NO)S(C)(=O)=O. The van der Waals surface area contributed by atoms with Crippen LogP contribution in [0.5, 0.6) is 0 Å². The maximum atomic E-state index is 11.0. The number of nitrogens with zero attached hydrogens (tertiary/aromatic N) is 1. The molecule has 0 aromatic heterocycles. The van der Waals surface area contributed by atoms with Crippen molar-refractivity contribution in [3.63, 3.8) is 0 Å².